The molecule has 0 spiro atoms. The minimum absolute atomic E-state index is 0.594. The summed E-state index contributed by atoms with van der Waals surface area (Å²) in [5.41, 5.74) is 3.14. The Morgan fingerprint density at radius 2 is 2.26 bits per heavy atom. The van der Waals surface area contributed by atoms with Gasteiger partial charge in [0.2, 0.25) is 0 Å². The number of nitrogens with one attached hydrogen (secondary N) is 1. The van der Waals surface area contributed by atoms with Gasteiger partial charge in [-0.3, -0.25) is 0 Å². The van der Waals surface area contributed by atoms with Crippen molar-refractivity contribution in [1.82, 2.24) is 9.59 Å². The van der Waals surface area contributed by atoms with Crippen LogP contribution in [0.1, 0.15) is 11.3 Å². The molecule has 0 aliphatic carbocycles. The van der Waals surface area contributed by atoms with Gasteiger partial charge in [-0.05, 0) is 29.2 Å². The fourth-order valence-corrected chi connectivity index (χ4v) is 2.01. The number of methoxy groups -OCH3 is 1. The highest BCUT2D eigenvalue weighted by molar-refractivity contribution is 7.03. The van der Waals surface area contributed by atoms with Crippen molar-refractivity contribution in [2.24, 2.45) is 0 Å². The van der Waals surface area contributed by atoms with E-state index in [1.54, 1.807) is 7.11 Å². The monoisotopic (exact) mass is 279 g/mol. The zero-order valence-corrected chi connectivity index (χ0v) is 11.7. The molecule has 2 rings (SSSR count). The van der Waals surface area contributed by atoms with Crippen LogP contribution in [-0.2, 0) is 22.6 Å². The number of rotatable bonds is 8. The van der Waals surface area contributed by atoms with Crippen LogP contribution in [0, 0.1) is 0 Å². The summed E-state index contributed by atoms with van der Waals surface area (Å²) in [6.07, 6.45) is 0. The van der Waals surface area contributed by atoms with Crippen LogP contribution in [-0.4, -0.2) is 29.9 Å². The van der Waals surface area contributed by atoms with Gasteiger partial charge in [-0.15, -0.1) is 5.10 Å². The first kappa shape index (κ1) is 13.9. The Kier molecular flexibility index (Phi) is 5.74. The van der Waals surface area contributed by atoms with Crippen molar-refractivity contribution in [1.29, 1.82) is 0 Å². The second-order valence-corrected chi connectivity index (χ2v) is 4.61. The Labute approximate surface area is 116 Å². The molecule has 102 valence electrons. The Balaban J connectivity index is 1.81. The van der Waals surface area contributed by atoms with E-state index >= 15 is 0 Å². The van der Waals surface area contributed by atoms with Crippen LogP contribution in [0.2, 0.25) is 0 Å². The average Bonchev–Trinajstić information content (AvgIpc) is 2.95. The Bertz CT molecular complexity index is 477. The molecule has 0 unspecified atom stereocenters. The van der Waals surface area contributed by atoms with Crippen molar-refractivity contribution < 1.29 is 9.47 Å². The molecule has 2 aromatic rings. The minimum Gasteiger partial charge on any atom is -0.382 e. The van der Waals surface area contributed by atoms with Crippen LogP contribution in [0.5, 0.6) is 0 Å². The van der Waals surface area contributed by atoms with Crippen molar-refractivity contribution in [2.45, 2.75) is 13.2 Å². The summed E-state index contributed by atoms with van der Waals surface area (Å²) in [7, 11) is 1.67. The lowest BCUT2D eigenvalue weighted by molar-refractivity contribution is 0.0617. The van der Waals surface area contributed by atoms with E-state index in [-0.39, 0.29) is 0 Å². The molecule has 0 atom stereocenters. The zero-order valence-electron chi connectivity index (χ0n) is 10.8. The molecule has 19 heavy (non-hydrogen) atoms. The third kappa shape index (κ3) is 4.94. The van der Waals surface area contributed by atoms with Crippen molar-refractivity contribution in [3.63, 3.8) is 0 Å². The lowest BCUT2D eigenvalue weighted by Crippen LogP contribution is -2.03. The number of aromatic nitrogens is 2. The second kappa shape index (κ2) is 7.83. The molecule has 6 heteroatoms. The number of hydrogen-bond acceptors (Lipinski definition) is 6. The van der Waals surface area contributed by atoms with E-state index in [1.807, 2.05) is 23.6 Å². The van der Waals surface area contributed by atoms with Gasteiger partial charge in [0.25, 0.3) is 0 Å². The van der Waals surface area contributed by atoms with Crippen molar-refractivity contribution in [2.75, 3.05) is 25.6 Å². The first-order valence-corrected chi connectivity index (χ1v) is 6.87. The van der Waals surface area contributed by atoms with Crippen LogP contribution in [0.25, 0.3) is 0 Å². The zero-order chi connectivity index (χ0) is 13.3. The van der Waals surface area contributed by atoms with Crippen LogP contribution in [0.3, 0.4) is 0 Å². The van der Waals surface area contributed by atoms with Crippen molar-refractivity contribution in [3.8, 4) is 0 Å². The number of benzene rings is 1. The molecule has 1 aromatic carbocycles. The van der Waals surface area contributed by atoms with Crippen molar-refractivity contribution >= 4 is 17.2 Å². The quantitative estimate of drug-likeness (QED) is 0.751. The summed E-state index contributed by atoms with van der Waals surface area (Å²) in [5.74, 6) is 0. The molecule has 0 aliphatic heterocycles. The number of nitrogens with zero attached hydrogens (tertiary/aromatic N) is 2. The summed E-state index contributed by atoms with van der Waals surface area (Å²) >= 11 is 1.36. The van der Waals surface area contributed by atoms with Gasteiger partial charge in [0, 0.05) is 18.2 Å². The molecular weight excluding hydrogens is 262 g/mol. The number of hydrogen-bond donors (Lipinski definition) is 1. The molecule has 0 bridgehead atoms. The predicted molar refractivity (Wildman–Crippen MR) is 75.2 cm³/mol. The molecule has 0 radical (unpaired) electrons. The molecule has 0 fully saturated rings. The summed E-state index contributed by atoms with van der Waals surface area (Å²) in [4.78, 5) is 0. The van der Waals surface area contributed by atoms with Gasteiger partial charge in [0.05, 0.1) is 32.1 Å². The van der Waals surface area contributed by atoms with E-state index in [2.05, 4.69) is 21.0 Å². The molecule has 1 heterocycles. The van der Waals surface area contributed by atoms with Gasteiger partial charge in [-0.2, -0.15) is 0 Å². The van der Waals surface area contributed by atoms with Crippen molar-refractivity contribution in [3.05, 3.63) is 40.9 Å². The summed E-state index contributed by atoms with van der Waals surface area (Å²) in [6.45, 7) is 2.51. The van der Waals surface area contributed by atoms with E-state index in [0.717, 1.165) is 16.9 Å². The second-order valence-electron chi connectivity index (χ2n) is 4.00. The smallest absolute Gasteiger partial charge is 0.0946 e. The van der Waals surface area contributed by atoms with Gasteiger partial charge in [0.15, 0.2) is 0 Å². The third-order valence-electron chi connectivity index (χ3n) is 2.51. The summed E-state index contributed by atoms with van der Waals surface area (Å²) < 4.78 is 14.3. The predicted octanol–water partition coefficient (Wildman–Crippen LogP) is 2.31. The van der Waals surface area contributed by atoms with Gasteiger partial charge in [-0.1, -0.05) is 16.6 Å². The Hall–Kier alpha value is -1.50. The Morgan fingerprint density at radius 3 is 3.05 bits per heavy atom. The Morgan fingerprint density at radius 1 is 1.32 bits per heavy atom. The normalized spacial score (nSPS) is 10.6. The highest BCUT2D eigenvalue weighted by Gasteiger charge is 1.99. The van der Waals surface area contributed by atoms with Crippen LogP contribution >= 0.6 is 11.5 Å². The average molecular weight is 279 g/mol. The van der Waals surface area contributed by atoms with E-state index in [1.165, 1.54) is 11.5 Å². The molecule has 0 saturated carbocycles. The van der Waals surface area contributed by atoms with Gasteiger partial charge in [0.1, 0.15) is 0 Å². The van der Waals surface area contributed by atoms with Crippen LogP contribution in [0.4, 0.5) is 5.69 Å². The number of ether oxygens (including phenoxy) is 2. The lowest BCUT2D eigenvalue weighted by Gasteiger charge is -2.08. The SMILES string of the molecule is COCCOCc1cccc(NCc2csnn2)c1. The third-order valence-corrected chi connectivity index (χ3v) is 3.06. The maximum Gasteiger partial charge on any atom is 0.0946 e. The standard InChI is InChI=1S/C13H17N3O2S/c1-17-5-6-18-9-11-3-2-4-12(7-11)14-8-13-10-19-16-15-13/h2-4,7,10,14H,5-6,8-9H2,1H3. The molecular formula is C13H17N3O2S. The van der Waals surface area contributed by atoms with E-state index in [4.69, 9.17) is 9.47 Å². The van der Waals surface area contributed by atoms with Gasteiger partial charge < -0.3 is 14.8 Å². The van der Waals surface area contributed by atoms with E-state index in [0.29, 0.717) is 26.4 Å². The summed E-state index contributed by atoms with van der Waals surface area (Å²) in [5, 5.41) is 9.24. The maximum absolute atomic E-state index is 5.49. The van der Waals surface area contributed by atoms with Crippen LogP contribution in [0.15, 0.2) is 29.6 Å². The van der Waals surface area contributed by atoms with E-state index < -0.39 is 0 Å². The van der Waals surface area contributed by atoms with Gasteiger partial charge >= 0.3 is 0 Å². The highest BCUT2D eigenvalue weighted by atomic mass is 32.1. The molecule has 1 N–H and O–H groups in total. The number of anilines is 1. The topological polar surface area (TPSA) is 56.3 Å². The van der Waals surface area contributed by atoms with E-state index in [9.17, 15) is 0 Å². The lowest BCUT2D eigenvalue weighted by atomic mass is 10.2. The largest absolute Gasteiger partial charge is 0.382 e. The highest BCUT2D eigenvalue weighted by Crippen LogP contribution is 2.12. The molecule has 0 aliphatic rings. The summed E-state index contributed by atoms with van der Waals surface area (Å²) in [6, 6.07) is 8.16. The first-order valence-electron chi connectivity index (χ1n) is 6.04. The van der Waals surface area contributed by atoms with Gasteiger partial charge in [-0.25, -0.2) is 0 Å². The molecule has 0 amide bonds. The minimum atomic E-state index is 0.594. The molecule has 0 saturated heterocycles. The first-order chi connectivity index (χ1) is 9.38. The maximum atomic E-state index is 5.49. The molecule has 1 aromatic heterocycles. The fraction of sp³-hybridized carbons (Fsp3) is 0.385. The fourth-order valence-electron chi connectivity index (χ4n) is 1.56. The molecule has 5 nitrogen and oxygen atoms in total. The van der Waals surface area contributed by atoms with Crippen LogP contribution < -0.4 is 5.32 Å².